The Bertz CT molecular complexity index is 490. The van der Waals surface area contributed by atoms with E-state index in [9.17, 15) is 9.18 Å². The Balaban J connectivity index is 2.86. The number of nitrogens with one attached hydrogen (secondary N) is 1. The fourth-order valence-electron chi connectivity index (χ4n) is 2.04. The van der Waals surface area contributed by atoms with E-state index in [0.29, 0.717) is 5.56 Å². The summed E-state index contributed by atoms with van der Waals surface area (Å²) in [5.74, 6) is -0.684. The van der Waals surface area contributed by atoms with Gasteiger partial charge in [0.05, 0.1) is 6.61 Å². The molecule has 21 heavy (non-hydrogen) atoms. The Labute approximate surface area is 125 Å². The lowest BCUT2D eigenvalue weighted by Crippen LogP contribution is -2.57. The maximum absolute atomic E-state index is 13.9. The van der Waals surface area contributed by atoms with Gasteiger partial charge < -0.3 is 9.47 Å². The van der Waals surface area contributed by atoms with Gasteiger partial charge in [-0.3, -0.25) is 5.32 Å². The molecule has 0 saturated heterocycles. The summed E-state index contributed by atoms with van der Waals surface area (Å²) in [5, 5.41) is 3.12. The molecule has 0 radical (unpaired) electrons. The molecule has 0 aliphatic carbocycles. The molecule has 0 aliphatic heterocycles. The molecule has 1 atom stereocenters. The van der Waals surface area contributed by atoms with Gasteiger partial charge in [-0.15, -0.1) is 0 Å². The Kier molecular flexibility index (Phi) is 6.15. The van der Waals surface area contributed by atoms with Crippen molar-refractivity contribution in [2.24, 2.45) is 0 Å². The maximum atomic E-state index is 13.9. The van der Waals surface area contributed by atoms with Crippen molar-refractivity contribution in [1.29, 1.82) is 0 Å². The van der Waals surface area contributed by atoms with Crippen LogP contribution in [0.2, 0.25) is 0 Å². The van der Waals surface area contributed by atoms with E-state index >= 15 is 0 Å². The van der Waals surface area contributed by atoms with Crippen LogP contribution >= 0.6 is 0 Å². The number of halogens is 1. The van der Waals surface area contributed by atoms with Crippen molar-refractivity contribution in [3.8, 4) is 5.75 Å². The van der Waals surface area contributed by atoms with Gasteiger partial charge in [-0.05, 0) is 46.2 Å². The third-order valence-electron chi connectivity index (χ3n) is 3.01. The van der Waals surface area contributed by atoms with E-state index in [1.54, 1.807) is 39.0 Å². The van der Waals surface area contributed by atoms with Crippen molar-refractivity contribution in [3.05, 3.63) is 29.6 Å². The van der Waals surface area contributed by atoms with Crippen molar-refractivity contribution in [1.82, 2.24) is 5.32 Å². The van der Waals surface area contributed by atoms with Gasteiger partial charge in [0.2, 0.25) is 0 Å². The molecule has 0 spiro atoms. The molecular weight excluding hydrogens is 273 g/mol. The highest BCUT2D eigenvalue weighted by molar-refractivity contribution is 5.80. The summed E-state index contributed by atoms with van der Waals surface area (Å²) >= 11 is 0. The van der Waals surface area contributed by atoms with Crippen LogP contribution in [0.4, 0.5) is 4.39 Å². The van der Waals surface area contributed by atoms with E-state index in [4.69, 9.17) is 9.47 Å². The minimum Gasteiger partial charge on any atom is -0.488 e. The molecule has 118 valence electrons. The van der Waals surface area contributed by atoms with Crippen LogP contribution in [0, 0.1) is 12.7 Å². The van der Waals surface area contributed by atoms with Crippen molar-refractivity contribution in [2.75, 3.05) is 13.2 Å². The fourth-order valence-corrected chi connectivity index (χ4v) is 2.04. The molecule has 1 aromatic rings. The largest absolute Gasteiger partial charge is 0.488 e. The Morgan fingerprint density at radius 3 is 2.67 bits per heavy atom. The third-order valence-corrected chi connectivity index (χ3v) is 3.01. The van der Waals surface area contributed by atoms with E-state index in [2.05, 4.69) is 5.32 Å². The number of hydrogen-bond donors (Lipinski definition) is 1. The molecule has 0 fully saturated rings. The monoisotopic (exact) mass is 297 g/mol. The van der Waals surface area contributed by atoms with Crippen LogP contribution < -0.4 is 10.1 Å². The van der Waals surface area contributed by atoms with E-state index in [-0.39, 0.29) is 25.0 Å². The molecule has 0 bridgehead atoms. The van der Waals surface area contributed by atoms with Crippen molar-refractivity contribution >= 4 is 5.97 Å². The summed E-state index contributed by atoms with van der Waals surface area (Å²) < 4.78 is 24.5. The smallest absolute Gasteiger partial charge is 0.329 e. The number of rotatable bonds is 7. The Hall–Kier alpha value is -1.62. The topological polar surface area (TPSA) is 47.6 Å². The Morgan fingerprint density at radius 2 is 2.10 bits per heavy atom. The van der Waals surface area contributed by atoms with Crippen molar-refractivity contribution < 1.29 is 18.7 Å². The molecule has 0 aliphatic rings. The summed E-state index contributed by atoms with van der Waals surface area (Å²) in [6.07, 6.45) is 0. The summed E-state index contributed by atoms with van der Waals surface area (Å²) in [6, 6.07) is 4.98. The fraction of sp³-hybridized carbons (Fsp3) is 0.562. The number of esters is 1. The zero-order valence-electron chi connectivity index (χ0n) is 13.3. The third kappa shape index (κ3) is 4.70. The first kappa shape index (κ1) is 17.4. The minimum atomic E-state index is -1.03. The molecule has 0 heterocycles. The minimum absolute atomic E-state index is 0.00954. The number of aryl methyl sites for hydroxylation is 1. The van der Waals surface area contributed by atoms with Crippen LogP contribution in [0.25, 0.3) is 0 Å². The highest BCUT2D eigenvalue weighted by Crippen LogP contribution is 2.21. The molecule has 1 aromatic carbocycles. The normalized spacial score (nSPS) is 13.9. The lowest BCUT2D eigenvalue weighted by Gasteiger charge is -2.30. The van der Waals surface area contributed by atoms with Crippen LogP contribution in [0.15, 0.2) is 18.2 Å². The van der Waals surface area contributed by atoms with E-state index < -0.39 is 17.3 Å². The first-order valence-corrected chi connectivity index (χ1v) is 7.13. The molecule has 1 N–H and O–H groups in total. The zero-order chi connectivity index (χ0) is 16.0. The van der Waals surface area contributed by atoms with Crippen LogP contribution in [-0.4, -0.2) is 30.8 Å². The van der Waals surface area contributed by atoms with Gasteiger partial charge in [0.15, 0.2) is 11.6 Å². The predicted molar refractivity (Wildman–Crippen MR) is 79.9 cm³/mol. The number of hydrogen-bond acceptors (Lipinski definition) is 4. The maximum Gasteiger partial charge on any atom is 0.329 e. The number of carbonyl (C=O) groups is 1. The van der Waals surface area contributed by atoms with Gasteiger partial charge >= 0.3 is 5.97 Å². The number of ether oxygens (including phenoxy) is 2. The molecule has 5 heteroatoms. The highest BCUT2D eigenvalue weighted by atomic mass is 19.1. The van der Waals surface area contributed by atoms with Gasteiger partial charge in [-0.25, -0.2) is 9.18 Å². The summed E-state index contributed by atoms with van der Waals surface area (Å²) in [6.45, 7) is 9.22. The van der Waals surface area contributed by atoms with Crippen LogP contribution in [0.1, 0.15) is 33.3 Å². The van der Waals surface area contributed by atoms with Crippen molar-refractivity contribution in [2.45, 2.75) is 46.2 Å². The molecule has 1 rings (SSSR count). The van der Waals surface area contributed by atoms with Gasteiger partial charge in [-0.2, -0.15) is 0 Å². The van der Waals surface area contributed by atoms with Gasteiger partial charge in [-0.1, -0.05) is 12.1 Å². The highest BCUT2D eigenvalue weighted by Gasteiger charge is 2.36. The quantitative estimate of drug-likeness (QED) is 0.786. The van der Waals surface area contributed by atoms with Gasteiger partial charge in [0.25, 0.3) is 0 Å². The first-order chi connectivity index (χ1) is 9.80. The van der Waals surface area contributed by atoms with Gasteiger partial charge in [0.1, 0.15) is 12.1 Å². The second-order valence-corrected chi connectivity index (χ2v) is 5.53. The summed E-state index contributed by atoms with van der Waals surface area (Å²) in [4.78, 5) is 12.1. The lowest BCUT2D eigenvalue weighted by molar-refractivity contribution is -0.152. The molecule has 0 aromatic heterocycles. The van der Waals surface area contributed by atoms with E-state index in [1.807, 2.05) is 13.8 Å². The second-order valence-electron chi connectivity index (χ2n) is 5.53. The molecule has 0 amide bonds. The van der Waals surface area contributed by atoms with E-state index in [1.165, 1.54) is 0 Å². The SMILES string of the molecule is CCOC(=O)C(C)(COc1cccc(C)c1F)NC(C)C. The van der Waals surface area contributed by atoms with Crippen LogP contribution in [0.5, 0.6) is 5.75 Å². The standard InChI is InChI=1S/C16H24FNO3/c1-6-20-15(19)16(5,18-11(2)3)10-21-13-9-7-8-12(4)14(13)17/h7-9,11,18H,6,10H2,1-5H3. The molecule has 4 nitrogen and oxygen atoms in total. The van der Waals surface area contributed by atoms with E-state index in [0.717, 1.165) is 0 Å². The lowest BCUT2D eigenvalue weighted by atomic mass is 10.0. The van der Waals surface area contributed by atoms with Gasteiger partial charge in [0, 0.05) is 6.04 Å². The number of benzene rings is 1. The average Bonchev–Trinajstić information content (AvgIpc) is 2.40. The molecule has 1 unspecified atom stereocenters. The number of carbonyl (C=O) groups excluding carboxylic acids is 1. The Morgan fingerprint density at radius 1 is 1.43 bits per heavy atom. The summed E-state index contributed by atoms with van der Waals surface area (Å²) in [7, 11) is 0. The average molecular weight is 297 g/mol. The van der Waals surface area contributed by atoms with Crippen LogP contribution in [0.3, 0.4) is 0 Å². The summed E-state index contributed by atoms with van der Waals surface area (Å²) in [5.41, 5.74) is -0.525. The second kappa shape index (κ2) is 7.41. The van der Waals surface area contributed by atoms with Crippen LogP contribution in [-0.2, 0) is 9.53 Å². The molecule has 0 saturated carbocycles. The zero-order valence-corrected chi connectivity index (χ0v) is 13.3. The molecular formula is C16H24FNO3. The predicted octanol–water partition coefficient (Wildman–Crippen LogP) is 2.83. The van der Waals surface area contributed by atoms with Crippen molar-refractivity contribution in [3.63, 3.8) is 0 Å². The first-order valence-electron chi connectivity index (χ1n) is 7.13.